The molecule has 0 saturated heterocycles. The molecular formula is C23H16Cl2N4O5. The number of carbonyl (C=O) groups is 2. The maximum Gasteiger partial charge on any atom is 0.296 e. The lowest BCUT2D eigenvalue weighted by molar-refractivity contribution is -0.385. The Labute approximate surface area is 202 Å². The van der Waals surface area contributed by atoms with Crippen molar-refractivity contribution >= 4 is 57.2 Å². The first-order valence-corrected chi connectivity index (χ1v) is 10.6. The van der Waals surface area contributed by atoms with Crippen molar-refractivity contribution in [2.24, 2.45) is 0 Å². The Bertz CT molecular complexity index is 1460. The molecule has 4 rings (SSSR count). The van der Waals surface area contributed by atoms with E-state index in [1.54, 1.807) is 25.1 Å². The number of rotatable bonds is 6. The van der Waals surface area contributed by atoms with Crippen molar-refractivity contribution in [3.8, 4) is 5.75 Å². The molecule has 2 aromatic heterocycles. The number of nitrogens with one attached hydrogen (secondary N) is 1. The lowest BCUT2D eigenvalue weighted by Crippen LogP contribution is -2.23. The van der Waals surface area contributed by atoms with E-state index in [2.05, 4.69) is 10.3 Å². The van der Waals surface area contributed by atoms with E-state index in [0.717, 1.165) is 5.56 Å². The number of phenolic OH excluding ortho intramolecular Hbond substituents is 1. The van der Waals surface area contributed by atoms with Gasteiger partial charge in [0, 0.05) is 35.6 Å². The highest BCUT2D eigenvalue weighted by Gasteiger charge is 2.25. The van der Waals surface area contributed by atoms with Gasteiger partial charge in [-0.15, -0.1) is 0 Å². The standard InChI is InChI=1S/C23H16Cl2N4O5/c1-12-5-6-18(29(33)34)13(7-12)10-28-11-15(14-3-2-4-19(30)21(14)28)22(31)23(32)27-20-16(24)8-26-9-17(20)25/h2-9,11,30H,10H2,1H3,(H,26,27,32). The van der Waals surface area contributed by atoms with Gasteiger partial charge in [-0.3, -0.25) is 24.7 Å². The fourth-order valence-electron chi connectivity index (χ4n) is 3.67. The number of carbonyl (C=O) groups excluding carboxylic acids is 2. The van der Waals surface area contributed by atoms with Crippen molar-refractivity contribution in [2.45, 2.75) is 13.5 Å². The van der Waals surface area contributed by atoms with Gasteiger partial charge in [-0.25, -0.2) is 0 Å². The largest absolute Gasteiger partial charge is 0.506 e. The van der Waals surface area contributed by atoms with E-state index in [9.17, 15) is 24.8 Å². The molecule has 11 heteroatoms. The predicted octanol–water partition coefficient (Wildman–Crippen LogP) is 5.14. The molecule has 0 fully saturated rings. The fraction of sp³-hybridized carbons (Fsp3) is 0.0870. The molecule has 2 N–H and O–H groups in total. The minimum Gasteiger partial charge on any atom is -0.506 e. The Morgan fingerprint density at radius 1 is 1.18 bits per heavy atom. The predicted molar refractivity (Wildman–Crippen MR) is 128 cm³/mol. The molecule has 0 saturated carbocycles. The molecule has 172 valence electrons. The number of halogens is 2. The van der Waals surface area contributed by atoms with Crippen LogP contribution in [-0.2, 0) is 11.3 Å². The molecule has 34 heavy (non-hydrogen) atoms. The second kappa shape index (κ2) is 9.12. The van der Waals surface area contributed by atoms with Crippen molar-refractivity contribution < 1.29 is 19.6 Å². The van der Waals surface area contributed by atoms with Crippen LogP contribution in [0.15, 0.2) is 55.0 Å². The number of aryl methyl sites for hydroxylation is 1. The topological polar surface area (TPSA) is 127 Å². The van der Waals surface area contributed by atoms with E-state index in [0.29, 0.717) is 10.9 Å². The maximum absolute atomic E-state index is 13.1. The van der Waals surface area contributed by atoms with Gasteiger partial charge in [0.15, 0.2) is 0 Å². The highest BCUT2D eigenvalue weighted by molar-refractivity contribution is 6.50. The van der Waals surface area contributed by atoms with E-state index in [4.69, 9.17) is 23.2 Å². The van der Waals surface area contributed by atoms with E-state index >= 15 is 0 Å². The quantitative estimate of drug-likeness (QED) is 0.164. The van der Waals surface area contributed by atoms with Gasteiger partial charge >= 0.3 is 0 Å². The van der Waals surface area contributed by atoms with Gasteiger partial charge in [0.1, 0.15) is 5.75 Å². The number of benzene rings is 2. The summed E-state index contributed by atoms with van der Waals surface area (Å²) in [6.45, 7) is 1.79. The third-order valence-electron chi connectivity index (χ3n) is 5.19. The van der Waals surface area contributed by atoms with Crippen molar-refractivity contribution in [2.75, 3.05) is 5.32 Å². The minimum atomic E-state index is -1.00. The Balaban J connectivity index is 1.77. The summed E-state index contributed by atoms with van der Waals surface area (Å²) in [7, 11) is 0. The van der Waals surface area contributed by atoms with E-state index < -0.39 is 16.6 Å². The highest BCUT2D eigenvalue weighted by Crippen LogP contribution is 2.33. The van der Waals surface area contributed by atoms with Crippen LogP contribution < -0.4 is 5.32 Å². The molecule has 0 aliphatic rings. The number of amides is 1. The average molecular weight is 499 g/mol. The number of fused-ring (bicyclic) bond motifs is 1. The van der Waals surface area contributed by atoms with Crippen molar-refractivity contribution in [1.82, 2.24) is 9.55 Å². The second-order valence-electron chi connectivity index (χ2n) is 7.49. The smallest absolute Gasteiger partial charge is 0.296 e. The highest BCUT2D eigenvalue weighted by atomic mass is 35.5. The molecule has 1 amide bonds. The molecule has 0 aliphatic carbocycles. The lowest BCUT2D eigenvalue weighted by Gasteiger charge is -2.08. The van der Waals surface area contributed by atoms with Crippen LogP contribution in [0.5, 0.6) is 5.75 Å². The van der Waals surface area contributed by atoms with Crippen molar-refractivity contribution in [3.63, 3.8) is 0 Å². The third-order valence-corrected chi connectivity index (χ3v) is 5.77. The number of nitro benzene ring substituents is 1. The Morgan fingerprint density at radius 2 is 1.88 bits per heavy atom. The number of anilines is 1. The number of para-hydroxylation sites is 1. The first kappa shape index (κ1) is 23.2. The number of aromatic nitrogens is 2. The molecule has 0 atom stereocenters. The molecular weight excluding hydrogens is 483 g/mol. The third kappa shape index (κ3) is 4.30. The van der Waals surface area contributed by atoms with Gasteiger partial charge in [-0.2, -0.15) is 0 Å². The van der Waals surface area contributed by atoms with Gasteiger partial charge in [-0.05, 0) is 19.1 Å². The van der Waals surface area contributed by atoms with Gasteiger partial charge in [0.25, 0.3) is 17.4 Å². The van der Waals surface area contributed by atoms with Gasteiger partial charge < -0.3 is 15.0 Å². The zero-order chi connectivity index (χ0) is 24.6. The number of hydrogen-bond donors (Lipinski definition) is 2. The summed E-state index contributed by atoms with van der Waals surface area (Å²) in [6.07, 6.45) is 3.92. The second-order valence-corrected chi connectivity index (χ2v) is 8.31. The SMILES string of the molecule is Cc1ccc([N+](=O)[O-])c(Cn2cc(C(=O)C(=O)Nc3c(Cl)cncc3Cl)c3cccc(O)c32)c1. The minimum absolute atomic E-state index is 0.00000661. The van der Waals surface area contributed by atoms with Crippen molar-refractivity contribution in [1.29, 1.82) is 0 Å². The zero-order valence-corrected chi connectivity index (χ0v) is 19.1. The molecule has 4 aromatic rings. The van der Waals surface area contributed by atoms with Crippen LogP contribution in [0, 0.1) is 17.0 Å². The molecule has 0 aliphatic heterocycles. The summed E-state index contributed by atoms with van der Waals surface area (Å²) < 4.78 is 1.50. The molecule has 0 bridgehead atoms. The van der Waals surface area contributed by atoms with E-state index in [-0.39, 0.29) is 44.8 Å². The first-order chi connectivity index (χ1) is 16.2. The summed E-state index contributed by atoms with van der Waals surface area (Å²) in [5.41, 5.74) is 1.38. The Morgan fingerprint density at radius 3 is 2.56 bits per heavy atom. The lowest BCUT2D eigenvalue weighted by atomic mass is 10.1. The van der Waals surface area contributed by atoms with Crippen LogP contribution in [0.2, 0.25) is 10.0 Å². The number of aromatic hydroxyl groups is 1. The summed E-state index contributed by atoms with van der Waals surface area (Å²) in [5.74, 6) is -2.05. The van der Waals surface area contributed by atoms with Crippen LogP contribution in [0.4, 0.5) is 11.4 Å². The average Bonchev–Trinajstić information content (AvgIpc) is 3.15. The fourth-order valence-corrected chi connectivity index (χ4v) is 4.13. The van der Waals surface area contributed by atoms with Crippen LogP contribution in [0.3, 0.4) is 0 Å². The summed E-state index contributed by atoms with van der Waals surface area (Å²) in [4.78, 5) is 40.6. The zero-order valence-electron chi connectivity index (χ0n) is 17.6. The number of pyridine rings is 1. The van der Waals surface area contributed by atoms with Crippen LogP contribution >= 0.6 is 23.2 Å². The molecule has 0 spiro atoms. The van der Waals surface area contributed by atoms with Crippen LogP contribution in [0.25, 0.3) is 10.9 Å². The van der Waals surface area contributed by atoms with Crippen molar-refractivity contribution in [3.05, 3.63) is 91.8 Å². The molecule has 9 nitrogen and oxygen atoms in total. The molecule has 2 heterocycles. The monoisotopic (exact) mass is 498 g/mol. The Kier molecular flexibility index (Phi) is 6.23. The molecule has 0 unspecified atom stereocenters. The van der Waals surface area contributed by atoms with Gasteiger partial charge in [0.2, 0.25) is 0 Å². The van der Waals surface area contributed by atoms with Crippen LogP contribution in [-0.4, -0.2) is 31.3 Å². The molecule has 2 aromatic carbocycles. The van der Waals surface area contributed by atoms with E-state index in [1.807, 2.05) is 0 Å². The number of Topliss-reactive ketones (excluding diaryl/α,β-unsaturated/α-hetero) is 1. The summed E-state index contributed by atoms with van der Waals surface area (Å²) in [5, 5.41) is 24.8. The van der Waals surface area contributed by atoms with E-state index in [1.165, 1.54) is 41.4 Å². The number of nitro groups is 1. The molecule has 0 radical (unpaired) electrons. The van der Waals surface area contributed by atoms with Crippen LogP contribution in [0.1, 0.15) is 21.5 Å². The summed E-state index contributed by atoms with van der Waals surface area (Å²) >= 11 is 12.0. The first-order valence-electron chi connectivity index (χ1n) is 9.86. The number of nitrogens with zero attached hydrogens (tertiary/aromatic N) is 3. The van der Waals surface area contributed by atoms with Gasteiger partial charge in [0.05, 0.1) is 38.3 Å². The maximum atomic E-state index is 13.1. The number of ketones is 1. The normalized spacial score (nSPS) is 10.9. The van der Waals surface area contributed by atoms with Gasteiger partial charge in [-0.1, -0.05) is 47.0 Å². The Hall–Kier alpha value is -3.95. The summed E-state index contributed by atoms with van der Waals surface area (Å²) in [6, 6.07) is 9.21. The number of phenols is 1. The number of hydrogen-bond acceptors (Lipinski definition) is 6.